The first-order valence-electron chi connectivity index (χ1n) is 6.89. The topological polar surface area (TPSA) is 55.1 Å². The van der Waals surface area contributed by atoms with E-state index in [9.17, 15) is 0 Å². The lowest BCUT2D eigenvalue weighted by molar-refractivity contribution is 0.951. The Hall–Kier alpha value is -1.60. The summed E-state index contributed by atoms with van der Waals surface area (Å²) in [4.78, 5) is 4.67. The third-order valence-corrected chi connectivity index (χ3v) is 5.05. The van der Waals surface area contributed by atoms with E-state index in [1.165, 1.54) is 5.56 Å². The summed E-state index contributed by atoms with van der Waals surface area (Å²) < 4.78 is 3.04. The van der Waals surface area contributed by atoms with Crippen LogP contribution in [-0.4, -0.2) is 26.1 Å². The Morgan fingerprint density at radius 1 is 1.38 bits per heavy atom. The Kier molecular flexibility index (Phi) is 4.40. The highest BCUT2D eigenvalue weighted by Gasteiger charge is 2.07. The van der Waals surface area contributed by atoms with Gasteiger partial charge in [-0.15, -0.1) is 10.2 Å². The van der Waals surface area contributed by atoms with Gasteiger partial charge in [-0.3, -0.25) is 0 Å². The molecule has 0 radical (unpaired) electrons. The maximum atomic E-state index is 4.67. The molecule has 0 aromatic carbocycles. The molecule has 0 aliphatic rings. The van der Waals surface area contributed by atoms with Crippen LogP contribution in [0.1, 0.15) is 24.6 Å². The summed E-state index contributed by atoms with van der Waals surface area (Å²) in [5, 5.41) is 12.5. The van der Waals surface area contributed by atoms with Crippen molar-refractivity contribution in [3.63, 3.8) is 0 Å². The van der Waals surface area contributed by atoms with Crippen LogP contribution in [0.5, 0.6) is 0 Å². The minimum atomic E-state index is 0.809. The third kappa shape index (κ3) is 3.36. The van der Waals surface area contributed by atoms with Gasteiger partial charge in [0.25, 0.3) is 0 Å². The molecule has 3 aromatic rings. The number of pyridine rings is 1. The highest BCUT2D eigenvalue weighted by Crippen LogP contribution is 2.28. The standard InChI is InChI=1S/C14H17N5S2/c1-3-6-15-13-17-18-14(21-13)20-9-11-8-19-7-4-5-10(2)12(19)16-11/h4-5,7-8H,3,6,9H2,1-2H3,(H,15,17). The summed E-state index contributed by atoms with van der Waals surface area (Å²) in [5.41, 5.74) is 3.28. The number of aromatic nitrogens is 4. The summed E-state index contributed by atoms with van der Waals surface area (Å²) in [7, 11) is 0. The highest BCUT2D eigenvalue weighted by atomic mass is 32.2. The van der Waals surface area contributed by atoms with Crippen molar-refractivity contribution in [2.75, 3.05) is 11.9 Å². The van der Waals surface area contributed by atoms with Crippen LogP contribution in [0, 0.1) is 6.92 Å². The van der Waals surface area contributed by atoms with Crippen LogP contribution in [-0.2, 0) is 5.75 Å². The van der Waals surface area contributed by atoms with Crippen molar-refractivity contribution in [3.05, 3.63) is 35.8 Å². The summed E-state index contributed by atoms with van der Waals surface area (Å²) >= 11 is 3.28. The average molecular weight is 319 g/mol. The number of fused-ring (bicyclic) bond motifs is 1. The largest absolute Gasteiger partial charge is 0.360 e. The average Bonchev–Trinajstić information content (AvgIpc) is 3.10. The van der Waals surface area contributed by atoms with Crippen LogP contribution in [0.3, 0.4) is 0 Å². The molecule has 0 spiro atoms. The van der Waals surface area contributed by atoms with E-state index in [2.05, 4.69) is 51.0 Å². The van der Waals surface area contributed by atoms with Crippen molar-refractivity contribution in [1.82, 2.24) is 19.6 Å². The van der Waals surface area contributed by atoms with Crippen LogP contribution in [0.4, 0.5) is 5.13 Å². The van der Waals surface area contributed by atoms with Gasteiger partial charge in [0.05, 0.1) is 5.69 Å². The minimum Gasteiger partial charge on any atom is -0.360 e. The smallest absolute Gasteiger partial charge is 0.206 e. The normalized spacial score (nSPS) is 11.1. The molecule has 5 nitrogen and oxygen atoms in total. The first kappa shape index (κ1) is 14.3. The lowest BCUT2D eigenvalue weighted by atomic mass is 10.3. The Bertz CT molecular complexity index is 734. The first-order chi connectivity index (χ1) is 10.3. The van der Waals surface area contributed by atoms with E-state index < -0.39 is 0 Å². The molecule has 0 atom stereocenters. The molecule has 3 aromatic heterocycles. The molecular formula is C14H17N5S2. The van der Waals surface area contributed by atoms with E-state index in [1.54, 1.807) is 23.1 Å². The fourth-order valence-corrected chi connectivity index (χ4v) is 3.64. The van der Waals surface area contributed by atoms with Crippen LogP contribution in [0.25, 0.3) is 5.65 Å². The monoisotopic (exact) mass is 319 g/mol. The second-order valence-corrected chi connectivity index (χ2v) is 6.94. The maximum absolute atomic E-state index is 4.67. The molecule has 1 N–H and O–H groups in total. The molecule has 3 rings (SSSR count). The molecule has 21 heavy (non-hydrogen) atoms. The van der Waals surface area contributed by atoms with Crippen molar-refractivity contribution in [2.45, 2.75) is 30.4 Å². The summed E-state index contributed by atoms with van der Waals surface area (Å²) in [5.74, 6) is 0.809. The fourth-order valence-electron chi connectivity index (χ4n) is 1.98. The fraction of sp³-hybridized carbons (Fsp3) is 0.357. The van der Waals surface area contributed by atoms with E-state index in [1.807, 2.05) is 12.3 Å². The van der Waals surface area contributed by atoms with Gasteiger partial charge in [0.2, 0.25) is 5.13 Å². The second-order valence-electron chi connectivity index (χ2n) is 4.74. The molecule has 0 bridgehead atoms. The number of nitrogens with one attached hydrogen (secondary N) is 1. The zero-order valence-electron chi connectivity index (χ0n) is 12.0. The maximum Gasteiger partial charge on any atom is 0.206 e. The minimum absolute atomic E-state index is 0.809. The quantitative estimate of drug-likeness (QED) is 0.703. The van der Waals surface area contributed by atoms with Crippen molar-refractivity contribution < 1.29 is 0 Å². The first-order valence-corrected chi connectivity index (χ1v) is 8.70. The van der Waals surface area contributed by atoms with Crippen molar-refractivity contribution in [3.8, 4) is 0 Å². The Labute approximate surface area is 131 Å². The van der Waals surface area contributed by atoms with Gasteiger partial charge in [0, 0.05) is 24.7 Å². The molecule has 7 heteroatoms. The van der Waals surface area contributed by atoms with Gasteiger partial charge in [-0.2, -0.15) is 0 Å². The van der Waals surface area contributed by atoms with Crippen LogP contribution in [0.15, 0.2) is 28.9 Å². The molecule has 0 unspecified atom stereocenters. The van der Waals surface area contributed by atoms with Gasteiger partial charge < -0.3 is 9.72 Å². The van der Waals surface area contributed by atoms with E-state index in [4.69, 9.17) is 0 Å². The molecule has 0 amide bonds. The highest BCUT2D eigenvalue weighted by molar-refractivity contribution is 8.00. The Morgan fingerprint density at radius 3 is 3.10 bits per heavy atom. The number of nitrogens with zero attached hydrogens (tertiary/aromatic N) is 4. The number of rotatable bonds is 6. The molecule has 0 fully saturated rings. The number of aryl methyl sites for hydroxylation is 1. The lowest BCUT2D eigenvalue weighted by Gasteiger charge is -1.95. The van der Waals surface area contributed by atoms with E-state index in [-0.39, 0.29) is 0 Å². The van der Waals surface area contributed by atoms with Crippen molar-refractivity contribution >= 4 is 33.9 Å². The number of imidazole rings is 1. The van der Waals surface area contributed by atoms with E-state index in [0.29, 0.717) is 0 Å². The molecule has 3 heterocycles. The summed E-state index contributed by atoms with van der Waals surface area (Å²) in [6, 6.07) is 4.12. The van der Waals surface area contributed by atoms with Crippen LogP contribution < -0.4 is 5.32 Å². The van der Waals surface area contributed by atoms with E-state index >= 15 is 0 Å². The van der Waals surface area contributed by atoms with Crippen molar-refractivity contribution in [1.29, 1.82) is 0 Å². The van der Waals surface area contributed by atoms with Gasteiger partial charge in [0.15, 0.2) is 4.34 Å². The Balaban J connectivity index is 1.66. The number of thioether (sulfide) groups is 1. The van der Waals surface area contributed by atoms with Crippen LogP contribution in [0.2, 0.25) is 0 Å². The number of hydrogen-bond acceptors (Lipinski definition) is 6. The molecule has 0 aliphatic heterocycles. The predicted octanol–water partition coefficient (Wildman–Crippen LogP) is 3.61. The van der Waals surface area contributed by atoms with Gasteiger partial charge >= 0.3 is 0 Å². The zero-order chi connectivity index (χ0) is 14.7. The molecule has 0 saturated heterocycles. The number of hydrogen-bond donors (Lipinski definition) is 1. The molecule has 0 aliphatic carbocycles. The van der Waals surface area contributed by atoms with Gasteiger partial charge in [0.1, 0.15) is 5.65 Å². The van der Waals surface area contributed by atoms with E-state index in [0.717, 1.165) is 39.5 Å². The summed E-state index contributed by atoms with van der Waals surface area (Å²) in [6.45, 7) is 5.15. The number of anilines is 1. The molecular weight excluding hydrogens is 302 g/mol. The Morgan fingerprint density at radius 2 is 2.29 bits per heavy atom. The predicted molar refractivity (Wildman–Crippen MR) is 88.2 cm³/mol. The SMILES string of the molecule is CCCNc1nnc(SCc2cn3cccc(C)c3n2)s1. The molecule has 110 valence electrons. The van der Waals surface area contributed by atoms with Gasteiger partial charge in [-0.25, -0.2) is 4.98 Å². The van der Waals surface area contributed by atoms with Gasteiger partial charge in [-0.05, 0) is 25.0 Å². The lowest BCUT2D eigenvalue weighted by Crippen LogP contribution is -1.98. The van der Waals surface area contributed by atoms with Crippen molar-refractivity contribution in [2.24, 2.45) is 0 Å². The van der Waals surface area contributed by atoms with Gasteiger partial charge in [-0.1, -0.05) is 36.1 Å². The second kappa shape index (κ2) is 6.44. The summed E-state index contributed by atoms with van der Waals surface area (Å²) in [6.07, 6.45) is 5.19. The molecule has 0 saturated carbocycles. The van der Waals surface area contributed by atoms with Crippen LogP contribution >= 0.6 is 23.1 Å². The third-order valence-electron chi connectivity index (χ3n) is 3.00. The zero-order valence-corrected chi connectivity index (χ0v) is 13.7.